The van der Waals surface area contributed by atoms with Crippen LogP contribution in [0.4, 0.5) is 0 Å². The quantitative estimate of drug-likeness (QED) is 0.430. The molecule has 0 saturated heterocycles. The molecule has 0 amide bonds. The van der Waals surface area contributed by atoms with Crippen LogP contribution < -0.4 is 5.32 Å². The fourth-order valence-electron chi connectivity index (χ4n) is 0.343. The molecule has 0 aliphatic carbocycles. The molecule has 2 N–H and O–H groups in total. The van der Waals surface area contributed by atoms with Gasteiger partial charge in [0.2, 0.25) is 0 Å². The van der Waals surface area contributed by atoms with Crippen LogP contribution in [0.2, 0.25) is 0 Å². The summed E-state index contributed by atoms with van der Waals surface area (Å²) in [6.45, 7) is 3.49. The fourth-order valence-corrected chi connectivity index (χ4v) is 0.452. The third kappa shape index (κ3) is 2.50. The molecule has 0 fully saturated rings. The molecule has 1 atom stereocenters. The molecule has 0 aromatic heterocycles. The fraction of sp³-hybridized carbons (Fsp3) is 1.00. The number of rotatable bonds is 2. The number of aliphatic hydroxyl groups is 1. The van der Waals surface area contributed by atoms with E-state index in [1.165, 1.54) is 0 Å². The first-order valence-corrected chi connectivity index (χ1v) is 2.90. The predicted octanol–water partition coefficient (Wildman–Crippen LogP) is 0.542. The molecule has 0 aromatic carbocycles. The summed E-state index contributed by atoms with van der Waals surface area (Å²) in [5, 5.41) is 11.6. The normalized spacial score (nSPS) is 16.1. The third-order valence-corrected chi connectivity index (χ3v) is 1.13. The van der Waals surface area contributed by atoms with Crippen LogP contribution in [0, 0.1) is 0 Å². The standard InChI is InChI=1S/C5H12ClNO/c1-5(2,6)4(8)7-3/h4,7-8H,1-3H3. The van der Waals surface area contributed by atoms with E-state index >= 15 is 0 Å². The third-order valence-electron chi connectivity index (χ3n) is 0.924. The molecule has 0 rings (SSSR count). The Kier molecular flexibility index (Phi) is 2.74. The largest absolute Gasteiger partial charge is 0.377 e. The number of hydrogen-bond acceptors (Lipinski definition) is 2. The highest BCUT2D eigenvalue weighted by Gasteiger charge is 2.22. The van der Waals surface area contributed by atoms with Crippen LogP contribution in [0.3, 0.4) is 0 Å². The zero-order valence-corrected chi connectivity index (χ0v) is 6.16. The smallest absolute Gasteiger partial charge is 0.123 e. The summed E-state index contributed by atoms with van der Waals surface area (Å²) in [4.78, 5) is -0.575. The van der Waals surface area contributed by atoms with E-state index in [9.17, 15) is 0 Å². The summed E-state index contributed by atoms with van der Waals surface area (Å²) in [5.41, 5.74) is 0. The molecule has 0 spiro atoms. The Morgan fingerprint density at radius 1 is 1.62 bits per heavy atom. The van der Waals surface area contributed by atoms with Crippen molar-refractivity contribution in [2.75, 3.05) is 7.05 Å². The van der Waals surface area contributed by atoms with Gasteiger partial charge in [0.25, 0.3) is 0 Å². The van der Waals surface area contributed by atoms with Crippen molar-refractivity contribution in [3.05, 3.63) is 0 Å². The zero-order chi connectivity index (χ0) is 6.78. The summed E-state index contributed by atoms with van der Waals surface area (Å²) in [6.07, 6.45) is -0.635. The second-order valence-corrected chi connectivity index (χ2v) is 3.23. The molecule has 0 radical (unpaired) electrons. The maximum atomic E-state index is 8.95. The molecule has 0 aliphatic rings. The van der Waals surface area contributed by atoms with E-state index in [4.69, 9.17) is 16.7 Å². The second-order valence-electron chi connectivity index (χ2n) is 2.26. The van der Waals surface area contributed by atoms with Crippen LogP contribution >= 0.6 is 11.6 Å². The van der Waals surface area contributed by atoms with Crippen molar-refractivity contribution in [2.45, 2.75) is 24.9 Å². The van der Waals surface area contributed by atoms with E-state index in [-0.39, 0.29) is 0 Å². The predicted molar refractivity (Wildman–Crippen MR) is 35.0 cm³/mol. The Morgan fingerprint density at radius 3 is 2.00 bits per heavy atom. The summed E-state index contributed by atoms with van der Waals surface area (Å²) >= 11 is 5.67. The lowest BCUT2D eigenvalue weighted by molar-refractivity contribution is 0.112. The van der Waals surface area contributed by atoms with Crippen molar-refractivity contribution in [3.63, 3.8) is 0 Å². The Balaban J connectivity index is 3.62. The average molecular weight is 138 g/mol. The van der Waals surface area contributed by atoms with E-state index in [1.54, 1.807) is 20.9 Å². The Morgan fingerprint density at radius 2 is 2.00 bits per heavy atom. The highest BCUT2D eigenvalue weighted by molar-refractivity contribution is 6.23. The maximum Gasteiger partial charge on any atom is 0.123 e. The van der Waals surface area contributed by atoms with Gasteiger partial charge in [-0.3, -0.25) is 5.32 Å². The van der Waals surface area contributed by atoms with Crippen molar-refractivity contribution in [1.29, 1.82) is 0 Å². The molecule has 50 valence electrons. The lowest BCUT2D eigenvalue weighted by Crippen LogP contribution is -2.40. The van der Waals surface area contributed by atoms with Gasteiger partial charge in [0.1, 0.15) is 6.23 Å². The average Bonchev–Trinajstić information content (AvgIpc) is 1.62. The molecule has 8 heavy (non-hydrogen) atoms. The van der Waals surface area contributed by atoms with Gasteiger partial charge >= 0.3 is 0 Å². The van der Waals surface area contributed by atoms with Gasteiger partial charge in [-0.15, -0.1) is 11.6 Å². The molecular formula is C5H12ClNO. The van der Waals surface area contributed by atoms with Crippen molar-refractivity contribution in [1.82, 2.24) is 5.32 Å². The first kappa shape index (κ1) is 8.21. The minimum atomic E-state index is -0.635. The molecule has 0 heterocycles. The molecule has 0 aromatic rings. The molecule has 3 heteroatoms. The van der Waals surface area contributed by atoms with Gasteiger partial charge in [-0.2, -0.15) is 0 Å². The van der Waals surface area contributed by atoms with Gasteiger partial charge in [0.05, 0.1) is 4.87 Å². The lowest BCUT2D eigenvalue weighted by Gasteiger charge is -2.21. The Bertz CT molecular complexity index is 69.3. The van der Waals surface area contributed by atoms with Crippen LogP contribution in [0.15, 0.2) is 0 Å². The zero-order valence-electron chi connectivity index (χ0n) is 5.40. The van der Waals surface area contributed by atoms with Crippen LogP contribution in [-0.4, -0.2) is 23.3 Å². The number of alkyl halides is 1. The van der Waals surface area contributed by atoms with Gasteiger partial charge in [-0.05, 0) is 20.9 Å². The summed E-state index contributed by atoms with van der Waals surface area (Å²) < 4.78 is 0. The van der Waals surface area contributed by atoms with Crippen molar-refractivity contribution in [2.24, 2.45) is 0 Å². The van der Waals surface area contributed by atoms with Gasteiger partial charge in [0, 0.05) is 0 Å². The molecule has 0 bridgehead atoms. The Hall–Kier alpha value is 0.210. The highest BCUT2D eigenvalue weighted by Crippen LogP contribution is 2.14. The van der Waals surface area contributed by atoms with Gasteiger partial charge in [0.15, 0.2) is 0 Å². The van der Waals surface area contributed by atoms with Gasteiger partial charge in [-0.25, -0.2) is 0 Å². The SMILES string of the molecule is CNC(O)C(C)(C)Cl. The summed E-state index contributed by atoms with van der Waals surface area (Å²) in [6, 6.07) is 0. The number of hydrogen-bond donors (Lipinski definition) is 2. The number of aliphatic hydroxyl groups excluding tert-OH is 1. The van der Waals surface area contributed by atoms with E-state index in [1.807, 2.05) is 0 Å². The van der Waals surface area contributed by atoms with Crippen LogP contribution in [-0.2, 0) is 0 Å². The minimum Gasteiger partial charge on any atom is -0.377 e. The minimum absolute atomic E-state index is 0.575. The van der Waals surface area contributed by atoms with Gasteiger partial charge < -0.3 is 5.11 Å². The van der Waals surface area contributed by atoms with E-state index < -0.39 is 11.1 Å². The number of nitrogens with one attached hydrogen (secondary N) is 1. The first-order valence-electron chi connectivity index (χ1n) is 2.52. The number of halogens is 1. The van der Waals surface area contributed by atoms with Gasteiger partial charge in [-0.1, -0.05) is 0 Å². The maximum absolute atomic E-state index is 8.95. The van der Waals surface area contributed by atoms with Crippen molar-refractivity contribution in [3.8, 4) is 0 Å². The summed E-state index contributed by atoms with van der Waals surface area (Å²) in [7, 11) is 1.66. The monoisotopic (exact) mass is 137 g/mol. The van der Waals surface area contributed by atoms with E-state index in [2.05, 4.69) is 5.32 Å². The molecule has 0 saturated carbocycles. The Labute approximate surface area is 54.8 Å². The second kappa shape index (κ2) is 2.67. The molecular weight excluding hydrogens is 126 g/mol. The topological polar surface area (TPSA) is 32.3 Å². The first-order chi connectivity index (χ1) is 3.48. The van der Waals surface area contributed by atoms with Crippen molar-refractivity contribution >= 4 is 11.6 Å². The lowest BCUT2D eigenvalue weighted by atomic mass is 10.2. The van der Waals surface area contributed by atoms with E-state index in [0.717, 1.165) is 0 Å². The van der Waals surface area contributed by atoms with Crippen LogP contribution in [0.5, 0.6) is 0 Å². The van der Waals surface area contributed by atoms with Crippen molar-refractivity contribution < 1.29 is 5.11 Å². The highest BCUT2D eigenvalue weighted by atomic mass is 35.5. The molecule has 0 aliphatic heterocycles. The van der Waals surface area contributed by atoms with Crippen LogP contribution in [0.1, 0.15) is 13.8 Å². The van der Waals surface area contributed by atoms with Crippen LogP contribution in [0.25, 0.3) is 0 Å². The van der Waals surface area contributed by atoms with E-state index in [0.29, 0.717) is 0 Å². The molecule has 2 nitrogen and oxygen atoms in total. The molecule has 1 unspecified atom stereocenters. The summed E-state index contributed by atoms with van der Waals surface area (Å²) in [5.74, 6) is 0.